The summed E-state index contributed by atoms with van der Waals surface area (Å²) in [5.41, 5.74) is -1.73. The number of ether oxygens (including phenoxy) is 2. The first-order valence-electron chi connectivity index (χ1n) is 31.6. The van der Waals surface area contributed by atoms with Gasteiger partial charge in [0.1, 0.15) is 44.7 Å². The molecule has 0 amide bonds. The van der Waals surface area contributed by atoms with Crippen molar-refractivity contribution in [2.24, 2.45) is 56.2 Å². The van der Waals surface area contributed by atoms with E-state index in [1.54, 1.807) is 0 Å². The van der Waals surface area contributed by atoms with Crippen LogP contribution >= 0.6 is 0 Å². The van der Waals surface area contributed by atoms with E-state index >= 15 is 19.2 Å². The van der Waals surface area contributed by atoms with Crippen LogP contribution in [0.3, 0.4) is 0 Å². The molecule has 0 radical (unpaired) electrons. The van der Waals surface area contributed by atoms with Crippen LogP contribution in [0.5, 0.6) is 23.0 Å². The molecule has 2 aromatic carbocycles. The second-order valence-corrected chi connectivity index (χ2v) is 30.3. The van der Waals surface area contributed by atoms with Crippen LogP contribution in [0, 0.1) is 56.2 Å². The molecular weight excluding hydrogens is 1100 g/mol. The molecule has 2 heterocycles. The number of benzene rings is 2. The number of rotatable bonds is 16. The Balaban J connectivity index is 0.000000251. The van der Waals surface area contributed by atoms with Crippen molar-refractivity contribution in [3.05, 3.63) is 140 Å². The third-order valence-corrected chi connectivity index (χ3v) is 21.3. The predicted octanol–water partition coefficient (Wildman–Crippen LogP) is 17.2. The average Bonchev–Trinajstić information content (AvgIpc) is 0.678. The second-order valence-electron chi connectivity index (χ2n) is 30.3. The normalized spacial score (nSPS) is 28.4. The van der Waals surface area contributed by atoms with Crippen molar-refractivity contribution >= 4 is 34.7 Å². The van der Waals surface area contributed by atoms with Crippen LogP contribution < -0.4 is 0 Å². The monoisotopic (exact) mass is 1200 g/mol. The topological polar surface area (TPSA) is 202 Å². The predicted molar refractivity (Wildman–Crippen MR) is 347 cm³/mol. The Morgan fingerprint density at radius 3 is 0.966 bits per heavy atom. The number of hydrogen-bond acceptors (Lipinski definition) is 12. The van der Waals surface area contributed by atoms with E-state index in [0.29, 0.717) is 51.4 Å². The maximum atomic E-state index is 15.3. The van der Waals surface area contributed by atoms with Gasteiger partial charge in [-0.05, 0) is 234 Å². The Kier molecular flexibility index (Phi) is 19.1. The van der Waals surface area contributed by atoms with Gasteiger partial charge in [-0.2, -0.15) is 0 Å². The molecule has 2 aromatic rings. The molecular formula is C76H100O12. The van der Waals surface area contributed by atoms with Gasteiger partial charge in [0, 0.05) is 23.0 Å². The number of phenols is 4. The minimum absolute atomic E-state index is 0.0251. The lowest BCUT2D eigenvalue weighted by Gasteiger charge is -2.64. The molecule has 8 rings (SSSR count). The number of aromatic hydroxyl groups is 4. The Bertz CT molecular complexity index is 3230. The molecule has 0 aromatic heterocycles. The minimum atomic E-state index is -1.48. The van der Waals surface area contributed by atoms with Gasteiger partial charge in [-0.3, -0.25) is 28.8 Å². The molecule has 6 aliphatic rings. The molecule has 0 unspecified atom stereocenters. The smallest absolute Gasteiger partial charge is 0.200 e. The van der Waals surface area contributed by atoms with Crippen LogP contribution in [0.1, 0.15) is 223 Å². The summed E-state index contributed by atoms with van der Waals surface area (Å²) in [6.45, 7) is 40.2. The van der Waals surface area contributed by atoms with Crippen molar-refractivity contribution in [3.8, 4) is 23.0 Å². The number of Topliss-reactive ketones (excluding diaryl/α,β-unsaturated/α-hetero) is 6. The number of phenolic OH excluding ortho intramolecular Hbond substituents is 4. The Labute approximate surface area is 524 Å². The van der Waals surface area contributed by atoms with E-state index in [4.69, 9.17) is 9.47 Å². The van der Waals surface area contributed by atoms with Gasteiger partial charge >= 0.3 is 0 Å². The number of hydrogen-bond donors (Lipinski definition) is 4. The molecule has 2 saturated carbocycles. The molecule has 2 aliphatic heterocycles. The second kappa shape index (κ2) is 24.5. The molecule has 4 fully saturated rings. The molecule has 4 aliphatic carbocycles. The molecule has 2 saturated heterocycles. The number of carbonyl (C=O) groups excluding carboxylic acids is 6. The van der Waals surface area contributed by atoms with Gasteiger partial charge in [0.25, 0.3) is 0 Å². The SMILES string of the molecule is CC(C)=CC[C@H]1C[C@@]23C[C@@H](CC=C(C)C)C(C)(C)[C@@](CC=C(C)C)(C(=O)C(C(=O)c4ccc(O)c(O)c4)=C2OC1(C)C)C3=O.CC(C)=CC[C@H]1C[C@@]23C[C@@H](CC=C(C)C)C(C)(C)[C@@](CC=C(C)C)(C(=O)C(C(=O)c4ccc(O)c(O)c4)=C2OC1(C)C)C3=O. The van der Waals surface area contributed by atoms with E-state index in [-0.39, 0.29) is 93.4 Å². The third-order valence-electron chi connectivity index (χ3n) is 21.3. The largest absolute Gasteiger partial charge is 0.504 e. The molecule has 8 atom stereocenters. The molecule has 2 spiro atoms. The van der Waals surface area contributed by atoms with E-state index < -0.39 is 78.3 Å². The van der Waals surface area contributed by atoms with Gasteiger partial charge in [0.2, 0.25) is 0 Å². The highest BCUT2D eigenvalue weighted by Crippen LogP contribution is 2.71. The summed E-state index contributed by atoms with van der Waals surface area (Å²) >= 11 is 0. The molecule has 476 valence electrons. The standard InChI is InChI=1S/2C38H50O6/c2*1-22(2)11-14-26-20-37-21-27(15-12-23(3)4)36(9,10)44-33(37)30(31(41)25-13-16-28(39)29(40)19-25)32(42)38(34(37)43,35(26,7)8)18-17-24(5)6/h2*11-13,16-17,19,26-27,39-40H,14-15,18,20-21H2,1-10H3/t2*26-,27+,37+,38+/m11/s1. The van der Waals surface area contributed by atoms with Gasteiger partial charge < -0.3 is 29.9 Å². The average molecular weight is 1210 g/mol. The number of fused-ring (bicyclic) bond motifs is 2. The lowest BCUT2D eigenvalue weighted by atomic mass is 9.39. The highest BCUT2D eigenvalue weighted by atomic mass is 16.5. The lowest BCUT2D eigenvalue weighted by molar-refractivity contribution is -0.189. The van der Waals surface area contributed by atoms with Crippen LogP contribution in [-0.2, 0) is 28.7 Å². The van der Waals surface area contributed by atoms with Gasteiger partial charge in [0.05, 0.1) is 10.8 Å². The van der Waals surface area contributed by atoms with Gasteiger partial charge in [-0.15, -0.1) is 0 Å². The summed E-state index contributed by atoms with van der Waals surface area (Å²) in [5, 5.41) is 40.5. The first-order chi connectivity index (χ1) is 40.6. The van der Waals surface area contributed by atoms with Gasteiger partial charge in [-0.25, -0.2) is 0 Å². The highest BCUT2D eigenvalue weighted by Gasteiger charge is 2.76. The highest BCUT2D eigenvalue weighted by molar-refractivity contribution is 6.36. The van der Waals surface area contributed by atoms with Gasteiger partial charge in [-0.1, -0.05) is 97.6 Å². The van der Waals surface area contributed by atoms with Crippen LogP contribution in [0.2, 0.25) is 0 Å². The van der Waals surface area contributed by atoms with E-state index in [0.717, 1.165) is 11.1 Å². The van der Waals surface area contributed by atoms with Crippen molar-refractivity contribution in [1.29, 1.82) is 0 Å². The number of allylic oxidation sites excluding steroid dienone is 16. The molecule has 12 heteroatoms. The Morgan fingerprint density at radius 2 is 0.693 bits per heavy atom. The van der Waals surface area contributed by atoms with Crippen molar-refractivity contribution in [3.63, 3.8) is 0 Å². The molecule has 12 nitrogen and oxygen atoms in total. The van der Waals surface area contributed by atoms with Crippen LogP contribution in [0.4, 0.5) is 0 Å². The van der Waals surface area contributed by atoms with Crippen LogP contribution in [0.15, 0.2) is 129 Å². The number of carbonyl (C=O) groups is 6. The fraction of sp³-hybridized carbons (Fsp3) is 0.553. The van der Waals surface area contributed by atoms with E-state index in [2.05, 4.69) is 79.7 Å². The summed E-state index contributed by atoms with van der Waals surface area (Å²) in [4.78, 5) is 89.9. The minimum Gasteiger partial charge on any atom is -0.504 e. The van der Waals surface area contributed by atoms with E-state index in [1.807, 2.05) is 95.2 Å². The fourth-order valence-electron chi connectivity index (χ4n) is 15.4. The van der Waals surface area contributed by atoms with Crippen molar-refractivity contribution < 1.29 is 58.7 Å². The van der Waals surface area contributed by atoms with Crippen LogP contribution in [-0.4, -0.2) is 66.3 Å². The number of ketones is 6. The zero-order valence-electron chi connectivity index (χ0n) is 56.4. The van der Waals surface area contributed by atoms with Crippen LogP contribution in [0.25, 0.3) is 0 Å². The summed E-state index contributed by atoms with van der Waals surface area (Å²) < 4.78 is 13.6. The fourth-order valence-corrected chi connectivity index (χ4v) is 15.4. The summed E-state index contributed by atoms with van der Waals surface area (Å²) in [6.07, 6.45) is 17.8. The van der Waals surface area contributed by atoms with E-state index in [1.165, 1.54) is 58.7 Å². The van der Waals surface area contributed by atoms with Gasteiger partial charge in [0.15, 0.2) is 57.7 Å². The Hall–Kier alpha value is -6.82. The van der Waals surface area contributed by atoms with Crippen molar-refractivity contribution in [1.82, 2.24) is 0 Å². The zero-order valence-corrected chi connectivity index (χ0v) is 56.4. The molecule has 4 N–H and O–H groups in total. The first-order valence-corrected chi connectivity index (χ1v) is 31.6. The summed E-state index contributed by atoms with van der Waals surface area (Å²) in [5.74, 6) is -3.85. The molecule has 4 bridgehead atoms. The maximum absolute atomic E-state index is 15.3. The quantitative estimate of drug-likeness (QED) is 0.0408. The maximum Gasteiger partial charge on any atom is 0.200 e. The zero-order chi connectivity index (χ0) is 66.0. The lowest BCUT2D eigenvalue weighted by Crippen LogP contribution is -2.69. The summed E-state index contributed by atoms with van der Waals surface area (Å²) in [6, 6.07) is 7.62. The van der Waals surface area contributed by atoms with Crippen molar-refractivity contribution in [2.45, 2.75) is 214 Å². The van der Waals surface area contributed by atoms with Crippen molar-refractivity contribution in [2.75, 3.05) is 0 Å². The summed E-state index contributed by atoms with van der Waals surface area (Å²) in [7, 11) is 0. The molecule has 88 heavy (non-hydrogen) atoms. The first kappa shape index (κ1) is 68.7. The Morgan fingerprint density at radius 1 is 0.420 bits per heavy atom. The third kappa shape index (κ3) is 11.7. The van der Waals surface area contributed by atoms with E-state index in [9.17, 15) is 30.0 Å².